The van der Waals surface area contributed by atoms with Crippen LogP contribution in [0, 0.1) is 17.2 Å². The van der Waals surface area contributed by atoms with Crippen LogP contribution in [0.5, 0.6) is 0 Å². The Bertz CT molecular complexity index is 957. The van der Waals surface area contributed by atoms with Gasteiger partial charge in [0, 0.05) is 43.7 Å². The minimum absolute atomic E-state index is 0.0112. The van der Waals surface area contributed by atoms with Gasteiger partial charge in [0.2, 0.25) is 17.6 Å². The van der Waals surface area contributed by atoms with Crippen molar-refractivity contribution in [2.45, 2.75) is 57.4 Å². The van der Waals surface area contributed by atoms with Crippen LogP contribution in [-0.2, 0) is 9.59 Å². The molecule has 0 saturated carbocycles. The number of aliphatic imine (C=N–C) groups is 1. The molecule has 2 amide bonds. The number of amides is 2. The summed E-state index contributed by atoms with van der Waals surface area (Å²) in [6.45, 7) is 2.48. The van der Waals surface area contributed by atoms with E-state index in [-0.39, 0.29) is 42.0 Å². The Kier molecular flexibility index (Phi) is 10.7. The lowest BCUT2D eigenvalue weighted by atomic mass is 9.89. The summed E-state index contributed by atoms with van der Waals surface area (Å²) in [7, 11) is 0. The van der Waals surface area contributed by atoms with Crippen LogP contribution in [-0.4, -0.2) is 83.1 Å². The van der Waals surface area contributed by atoms with Crippen molar-refractivity contribution >= 4 is 40.9 Å². The van der Waals surface area contributed by atoms with E-state index in [2.05, 4.69) is 15.3 Å². The van der Waals surface area contributed by atoms with Gasteiger partial charge in [-0.2, -0.15) is 0 Å². The average Bonchev–Trinajstić information content (AvgIpc) is 3.52. The molecule has 37 heavy (non-hydrogen) atoms. The van der Waals surface area contributed by atoms with E-state index in [0.717, 1.165) is 51.6 Å². The molecule has 1 aromatic heterocycles. The van der Waals surface area contributed by atoms with Crippen LogP contribution >= 0.6 is 11.3 Å². The second-order valence-electron chi connectivity index (χ2n) is 9.76. The third kappa shape index (κ3) is 8.69. The molecule has 2 aliphatic rings. The Morgan fingerprint density at radius 2 is 1.92 bits per heavy atom. The third-order valence-electron chi connectivity index (χ3n) is 7.10. The number of ketones is 1. The molecule has 12 nitrogen and oxygen atoms in total. The summed E-state index contributed by atoms with van der Waals surface area (Å²) in [5.41, 5.74) is 16.3. The van der Waals surface area contributed by atoms with E-state index < -0.39 is 6.04 Å². The van der Waals surface area contributed by atoms with Gasteiger partial charge in [0.1, 0.15) is 0 Å². The summed E-state index contributed by atoms with van der Waals surface area (Å²) in [5, 5.41) is 12.4. The number of carbonyl (C=O) groups excluding carboxylic acids is 3. The summed E-state index contributed by atoms with van der Waals surface area (Å²) < 4.78 is 0. The van der Waals surface area contributed by atoms with E-state index in [1.807, 2.05) is 4.90 Å². The predicted octanol–water partition coefficient (Wildman–Crippen LogP) is 0.488. The van der Waals surface area contributed by atoms with E-state index in [1.54, 1.807) is 16.5 Å². The molecular weight excluding hydrogens is 494 g/mol. The van der Waals surface area contributed by atoms with E-state index in [0.29, 0.717) is 36.9 Å². The zero-order valence-corrected chi connectivity index (χ0v) is 22.0. The monoisotopic (exact) mass is 533 g/mol. The summed E-state index contributed by atoms with van der Waals surface area (Å²) in [5.74, 6) is 0.0647. The Morgan fingerprint density at radius 3 is 2.57 bits per heavy atom. The molecule has 0 aliphatic carbocycles. The second kappa shape index (κ2) is 13.9. The molecule has 0 radical (unpaired) electrons. The first-order chi connectivity index (χ1) is 17.7. The van der Waals surface area contributed by atoms with Crippen molar-refractivity contribution in [2.75, 3.05) is 32.7 Å². The molecule has 1 unspecified atom stereocenters. The van der Waals surface area contributed by atoms with Crippen LogP contribution in [0.2, 0.25) is 0 Å². The normalized spacial score (nSPS) is 19.0. The number of rotatable bonds is 13. The first kappa shape index (κ1) is 28.4. The number of nitrogens with zero attached hydrogens (tertiary/aromatic N) is 4. The minimum Gasteiger partial charge on any atom is -0.370 e. The van der Waals surface area contributed by atoms with E-state index >= 15 is 0 Å². The number of Topliss-reactive ketones (excluding diaryl/α,β-unsaturated/α-hetero) is 1. The van der Waals surface area contributed by atoms with Gasteiger partial charge in [-0.25, -0.2) is 4.98 Å². The van der Waals surface area contributed by atoms with Crippen molar-refractivity contribution < 1.29 is 14.4 Å². The average molecular weight is 534 g/mol. The van der Waals surface area contributed by atoms with Crippen LogP contribution in [0.1, 0.15) is 61.2 Å². The van der Waals surface area contributed by atoms with E-state index in [9.17, 15) is 14.4 Å². The maximum Gasteiger partial charge on any atom is 0.240 e. The molecule has 1 aromatic rings. The highest BCUT2D eigenvalue weighted by molar-refractivity contribution is 7.11. The van der Waals surface area contributed by atoms with Crippen LogP contribution in [0.15, 0.2) is 16.6 Å². The van der Waals surface area contributed by atoms with Crippen molar-refractivity contribution in [1.82, 2.24) is 20.1 Å². The van der Waals surface area contributed by atoms with Crippen molar-refractivity contribution in [1.29, 1.82) is 5.41 Å². The fraction of sp³-hybridized carbons (Fsp3) is 0.667. The number of thiazole rings is 1. The number of nitrogens with one attached hydrogen (secondary N) is 2. The highest BCUT2D eigenvalue weighted by Crippen LogP contribution is 2.27. The Balaban J connectivity index is 1.43. The predicted molar refractivity (Wildman–Crippen MR) is 143 cm³/mol. The van der Waals surface area contributed by atoms with Gasteiger partial charge in [-0.3, -0.25) is 24.8 Å². The first-order valence-corrected chi connectivity index (χ1v) is 13.8. The van der Waals surface area contributed by atoms with Crippen molar-refractivity contribution in [3.05, 3.63) is 16.6 Å². The zero-order valence-electron chi connectivity index (χ0n) is 21.2. The van der Waals surface area contributed by atoms with Gasteiger partial charge >= 0.3 is 0 Å². The summed E-state index contributed by atoms with van der Waals surface area (Å²) in [6.07, 6.45) is 8.08. The van der Waals surface area contributed by atoms with Crippen LogP contribution in [0.4, 0.5) is 0 Å². The number of piperidine rings is 1. The highest BCUT2D eigenvalue weighted by Gasteiger charge is 2.33. The smallest absolute Gasteiger partial charge is 0.240 e. The van der Waals surface area contributed by atoms with Gasteiger partial charge in [0.05, 0.1) is 12.6 Å². The summed E-state index contributed by atoms with van der Waals surface area (Å²) in [4.78, 5) is 50.1. The third-order valence-corrected chi connectivity index (χ3v) is 7.89. The summed E-state index contributed by atoms with van der Waals surface area (Å²) in [6, 6.07) is -0.754. The van der Waals surface area contributed by atoms with E-state index in [1.165, 1.54) is 11.3 Å². The molecule has 2 atom stereocenters. The number of hydrogen-bond acceptors (Lipinski definition) is 7. The summed E-state index contributed by atoms with van der Waals surface area (Å²) >= 11 is 1.22. The molecule has 0 aromatic carbocycles. The Morgan fingerprint density at radius 1 is 1.16 bits per heavy atom. The molecule has 8 N–H and O–H groups in total. The van der Waals surface area contributed by atoms with E-state index in [4.69, 9.17) is 22.6 Å². The van der Waals surface area contributed by atoms with Gasteiger partial charge in [0.25, 0.3) is 0 Å². The second-order valence-corrected chi connectivity index (χ2v) is 10.7. The lowest BCUT2D eigenvalue weighted by molar-refractivity contribution is -0.135. The molecule has 2 fully saturated rings. The molecule has 0 bridgehead atoms. The highest BCUT2D eigenvalue weighted by atomic mass is 32.1. The van der Waals surface area contributed by atoms with Gasteiger partial charge in [0.15, 0.2) is 16.9 Å². The van der Waals surface area contributed by atoms with Crippen molar-refractivity contribution in [3.63, 3.8) is 0 Å². The van der Waals surface area contributed by atoms with Gasteiger partial charge in [-0.15, -0.1) is 11.3 Å². The number of guanidine groups is 2. The largest absolute Gasteiger partial charge is 0.370 e. The Hall–Kier alpha value is -3.22. The van der Waals surface area contributed by atoms with Gasteiger partial charge in [-0.1, -0.05) is 12.8 Å². The first-order valence-electron chi connectivity index (χ1n) is 12.9. The molecule has 0 spiro atoms. The number of hydrogen-bond donors (Lipinski definition) is 5. The molecule has 3 rings (SSSR count). The quantitative estimate of drug-likeness (QED) is 0.104. The SMILES string of the molecule is N=C(N)N1CCC(CCCC2CCN(CC(=O)N[C@@H](CCCN=C(N)N)C(=O)c3nccs3)C2=O)CC1. The minimum atomic E-state index is -0.754. The number of carbonyl (C=O) groups is 3. The zero-order chi connectivity index (χ0) is 26.8. The number of aromatic nitrogens is 1. The fourth-order valence-corrected chi connectivity index (χ4v) is 5.65. The van der Waals surface area contributed by atoms with Crippen LogP contribution in [0.3, 0.4) is 0 Å². The Labute approximate surface area is 221 Å². The molecule has 3 heterocycles. The van der Waals surface area contributed by atoms with Crippen LogP contribution in [0.25, 0.3) is 0 Å². The van der Waals surface area contributed by atoms with Crippen molar-refractivity contribution in [3.8, 4) is 0 Å². The lowest BCUT2D eigenvalue weighted by Gasteiger charge is -2.32. The standard InChI is InChI=1S/C24H39N9O3S/c25-23(26)30-9-2-5-18(20(35)21-29-10-14-37-21)31-19(34)15-33-13-8-17(22(33)36)4-1-3-16-6-11-32(12-7-16)24(27)28/h10,14,16-18H,1-9,11-13,15H2,(H3,27,28)(H,31,34)(H4,25,26,30)/t17?,18-/m0/s1. The van der Waals surface area contributed by atoms with Crippen LogP contribution < -0.4 is 22.5 Å². The lowest BCUT2D eigenvalue weighted by Crippen LogP contribution is -2.46. The molecule has 204 valence electrons. The van der Waals surface area contributed by atoms with Gasteiger partial charge in [-0.05, 0) is 44.4 Å². The number of nitrogens with two attached hydrogens (primary N) is 3. The fourth-order valence-electron chi connectivity index (χ4n) is 5.02. The van der Waals surface area contributed by atoms with Crippen molar-refractivity contribution in [2.24, 2.45) is 34.0 Å². The number of likely N-dealkylation sites (tertiary alicyclic amines) is 2. The molecule has 13 heteroatoms. The van der Waals surface area contributed by atoms with Gasteiger partial charge < -0.3 is 32.3 Å². The molecule has 2 saturated heterocycles. The maximum atomic E-state index is 12.9. The maximum absolute atomic E-state index is 12.9. The molecular formula is C24H39N9O3S. The molecule has 2 aliphatic heterocycles. The topological polar surface area (TPSA) is 197 Å².